The Morgan fingerprint density at radius 3 is 0.568 bits per heavy atom. The van der Waals surface area contributed by atoms with Crippen molar-refractivity contribution in [3.05, 3.63) is 0 Å². The van der Waals surface area contributed by atoms with E-state index in [4.69, 9.17) is 0 Å². The average molecular weight is 540 g/mol. The minimum Gasteiger partial charge on any atom is -0.0654 e. The molecule has 0 fully saturated rings. The lowest BCUT2D eigenvalue weighted by molar-refractivity contribution is 0.562. The molecule has 0 spiro atoms. The smallest absolute Gasteiger partial charge is 0.0594 e. The second-order valence-corrected chi connectivity index (χ2v) is 17.2. The average Bonchev–Trinajstić information content (AvgIpc) is 2.91. The predicted molar refractivity (Wildman–Crippen MR) is 178 cm³/mol. The molecule has 1 heteroatoms. The van der Waals surface area contributed by atoms with Gasteiger partial charge in [0.05, 0.1) is 24.6 Å². The lowest BCUT2D eigenvalue weighted by Crippen LogP contribution is -2.13. The Morgan fingerprint density at radius 1 is 0.216 bits per heavy atom. The van der Waals surface area contributed by atoms with Crippen LogP contribution >= 0.6 is 7.26 Å². The lowest BCUT2D eigenvalue weighted by Gasteiger charge is -2.28. The molecule has 0 radical (unpaired) electrons. The summed E-state index contributed by atoms with van der Waals surface area (Å²) in [5, 5.41) is 0. The highest BCUT2D eigenvalue weighted by Gasteiger charge is 2.34. The molecular formula is C36H76P+. The maximum atomic E-state index is 2.35. The quantitative estimate of drug-likeness (QED) is 0.0589. The van der Waals surface area contributed by atoms with Crippen molar-refractivity contribution in [3.63, 3.8) is 0 Å². The summed E-state index contributed by atoms with van der Waals surface area (Å²) in [6, 6.07) is 0. The van der Waals surface area contributed by atoms with Gasteiger partial charge in [0.2, 0.25) is 0 Å². The monoisotopic (exact) mass is 540 g/mol. The van der Waals surface area contributed by atoms with Crippen molar-refractivity contribution in [2.24, 2.45) is 0 Å². The van der Waals surface area contributed by atoms with Crippen molar-refractivity contribution in [2.75, 3.05) is 24.6 Å². The van der Waals surface area contributed by atoms with Crippen LogP contribution in [0.25, 0.3) is 0 Å². The van der Waals surface area contributed by atoms with E-state index in [9.17, 15) is 0 Å². The van der Waals surface area contributed by atoms with Gasteiger partial charge >= 0.3 is 0 Å². The molecule has 0 aliphatic carbocycles. The van der Waals surface area contributed by atoms with Crippen molar-refractivity contribution >= 4 is 7.26 Å². The molecule has 0 N–H and O–H groups in total. The van der Waals surface area contributed by atoms with Gasteiger partial charge in [0.25, 0.3) is 0 Å². The number of hydrogen-bond donors (Lipinski definition) is 0. The van der Waals surface area contributed by atoms with Crippen LogP contribution in [0.15, 0.2) is 0 Å². The fraction of sp³-hybridized carbons (Fsp3) is 1.00. The zero-order valence-corrected chi connectivity index (χ0v) is 28.0. The fourth-order valence-corrected chi connectivity index (χ4v) is 11.2. The van der Waals surface area contributed by atoms with Gasteiger partial charge in [0, 0.05) is 7.26 Å². The minimum absolute atomic E-state index is 0.737. The van der Waals surface area contributed by atoms with Crippen molar-refractivity contribution in [2.45, 2.75) is 207 Å². The molecule has 0 aromatic heterocycles. The van der Waals surface area contributed by atoms with Crippen molar-refractivity contribution < 1.29 is 0 Å². The van der Waals surface area contributed by atoms with E-state index in [0.717, 1.165) is 0 Å². The molecule has 0 amide bonds. The molecule has 0 rings (SSSR count). The zero-order chi connectivity index (χ0) is 27.1. The molecule has 0 unspecified atom stereocenters. The molecule has 0 saturated heterocycles. The molecule has 0 bridgehead atoms. The molecule has 0 heterocycles. The molecule has 0 aliphatic rings. The highest BCUT2D eigenvalue weighted by molar-refractivity contribution is 7.75. The molecule has 0 aromatic rings. The first-order valence-electron chi connectivity index (χ1n) is 18.1. The normalized spacial score (nSPS) is 12.0. The van der Waals surface area contributed by atoms with Crippen LogP contribution in [-0.2, 0) is 0 Å². The molecule has 224 valence electrons. The molecule has 0 aromatic carbocycles. The van der Waals surface area contributed by atoms with Gasteiger partial charge in [-0.1, -0.05) is 156 Å². The van der Waals surface area contributed by atoms with Crippen LogP contribution in [-0.4, -0.2) is 24.6 Å². The maximum absolute atomic E-state index is 2.35. The SMILES string of the molecule is CCCCCCCCCCCC[P+](CCCCCCCC)(CCCCCCCC)CCCCCCCC. The third-order valence-electron chi connectivity index (χ3n) is 8.94. The molecule has 0 nitrogen and oxygen atoms in total. The van der Waals surface area contributed by atoms with Gasteiger partial charge in [-0.3, -0.25) is 0 Å². The van der Waals surface area contributed by atoms with E-state index in [-0.39, 0.29) is 0 Å². The van der Waals surface area contributed by atoms with Gasteiger partial charge in [-0.15, -0.1) is 0 Å². The van der Waals surface area contributed by atoms with Crippen LogP contribution in [0.5, 0.6) is 0 Å². The molecule has 0 saturated carbocycles. The van der Waals surface area contributed by atoms with Gasteiger partial charge in [-0.05, 0) is 51.4 Å². The fourth-order valence-electron chi connectivity index (χ4n) is 6.29. The van der Waals surface area contributed by atoms with Crippen molar-refractivity contribution in [3.8, 4) is 0 Å². The number of unbranched alkanes of at least 4 members (excludes halogenated alkanes) is 24. The Balaban J connectivity index is 4.69. The van der Waals surface area contributed by atoms with E-state index in [2.05, 4.69) is 27.7 Å². The minimum atomic E-state index is -0.737. The topological polar surface area (TPSA) is 0 Å². The Morgan fingerprint density at radius 2 is 0.378 bits per heavy atom. The first kappa shape index (κ1) is 37.4. The number of hydrogen-bond acceptors (Lipinski definition) is 0. The van der Waals surface area contributed by atoms with E-state index in [1.54, 1.807) is 50.3 Å². The summed E-state index contributed by atoms with van der Waals surface area (Å²) < 4.78 is 0. The lowest BCUT2D eigenvalue weighted by atomic mass is 10.1. The second-order valence-electron chi connectivity index (χ2n) is 12.7. The van der Waals surface area contributed by atoms with Crippen LogP contribution in [0.4, 0.5) is 0 Å². The first-order chi connectivity index (χ1) is 18.2. The summed E-state index contributed by atoms with van der Waals surface area (Å²) in [6.45, 7) is 9.38. The molecule has 0 atom stereocenters. The Hall–Kier alpha value is 0.430. The zero-order valence-electron chi connectivity index (χ0n) is 27.1. The summed E-state index contributed by atoms with van der Waals surface area (Å²) in [7, 11) is -0.737. The van der Waals surface area contributed by atoms with Crippen LogP contribution in [0.2, 0.25) is 0 Å². The summed E-state index contributed by atoms with van der Waals surface area (Å²) >= 11 is 0. The largest absolute Gasteiger partial charge is 0.0654 e. The predicted octanol–water partition coefficient (Wildman–Crippen LogP) is 14.0. The highest BCUT2D eigenvalue weighted by atomic mass is 31.2. The van der Waals surface area contributed by atoms with Crippen LogP contribution in [0, 0.1) is 0 Å². The van der Waals surface area contributed by atoms with Crippen molar-refractivity contribution in [1.29, 1.82) is 0 Å². The Kier molecular flexibility index (Phi) is 31.3. The van der Waals surface area contributed by atoms with Crippen LogP contribution < -0.4 is 0 Å². The van der Waals surface area contributed by atoms with Gasteiger partial charge < -0.3 is 0 Å². The first-order valence-corrected chi connectivity index (χ1v) is 20.6. The van der Waals surface area contributed by atoms with Crippen LogP contribution in [0.3, 0.4) is 0 Å². The molecular weight excluding hydrogens is 463 g/mol. The molecule has 37 heavy (non-hydrogen) atoms. The third-order valence-corrected chi connectivity index (χ3v) is 14.0. The van der Waals surface area contributed by atoms with Gasteiger partial charge in [0.15, 0.2) is 0 Å². The Labute approximate surface area is 239 Å². The third kappa shape index (κ3) is 26.4. The summed E-state index contributed by atoms with van der Waals surface area (Å²) in [6.07, 6.45) is 48.2. The van der Waals surface area contributed by atoms with Crippen molar-refractivity contribution in [1.82, 2.24) is 0 Å². The van der Waals surface area contributed by atoms with Gasteiger partial charge in [-0.25, -0.2) is 0 Å². The summed E-state index contributed by atoms with van der Waals surface area (Å²) in [5.41, 5.74) is 0. The van der Waals surface area contributed by atoms with Gasteiger partial charge in [0.1, 0.15) is 0 Å². The summed E-state index contributed by atoms with van der Waals surface area (Å²) in [4.78, 5) is 0. The summed E-state index contributed by atoms with van der Waals surface area (Å²) in [5.74, 6) is 0. The number of rotatable bonds is 32. The van der Waals surface area contributed by atoms with E-state index in [1.807, 2.05) is 0 Å². The second kappa shape index (κ2) is 31.0. The highest BCUT2D eigenvalue weighted by Crippen LogP contribution is 2.61. The van der Waals surface area contributed by atoms with E-state index < -0.39 is 7.26 Å². The Bertz CT molecular complexity index is 363. The standard InChI is InChI=1S/C36H76P/c1-5-9-13-17-21-22-23-24-28-32-36-37(33-29-25-18-14-10-6-2,34-30-26-19-15-11-7-3)35-31-27-20-16-12-8-4/h5-36H2,1-4H3/q+1. The van der Waals surface area contributed by atoms with E-state index in [0.29, 0.717) is 0 Å². The van der Waals surface area contributed by atoms with Gasteiger partial charge in [-0.2, -0.15) is 0 Å². The van der Waals surface area contributed by atoms with E-state index >= 15 is 0 Å². The molecule has 0 aliphatic heterocycles. The maximum Gasteiger partial charge on any atom is 0.0594 e. The van der Waals surface area contributed by atoms with Crippen LogP contribution in [0.1, 0.15) is 207 Å². The van der Waals surface area contributed by atoms with E-state index in [1.165, 1.54) is 154 Å².